The van der Waals surface area contributed by atoms with Gasteiger partial charge in [0.1, 0.15) is 0 Å². The van der Waals surface area contributed by atoms with Gasteiger partial charge in [0.2, 0.25) is 5.91 Å². The van der Waals surface area contributed by atoms with Crippen LogP contribution in [0.4, 0.5) is 0 Å². The van der Waals surface area contributed by atoms with E-state index < -0.39 is 0 Å². The molecule has 1 N–H and O–H groups in total. The van der Waals surface area contributed by atoms with E-state index in [2.05, 4.69) is 5.32 Å². The number of ether oxygens (including phenoxy) is 2. The molecule has 0 aromatic heterocycles. The molecule has 1 saturated carbocycles. The maximum atomic E-state index is 12.1. The number of hydrogen-bond acceptors (Lipinski definition) is 3. The van der Waals surface area contributed by atoms with Gasteiger partial charge in [0.05, 0.1) is 14.2 Å². The first-order valence-electron chi connectivity index (χ1n) is 7.35. The molecule has 114 valence electrons. The highest BCUT2D eigenvalue weighted by Crippen LogP contribution is 2.28. The highest BCUT2D eigenvalue weighted by molar-refractivity contribution is 5.97. The summed E-state index contributed by atoms with van der Waals surface area (Å²) in [5.74, 6) is 1.36. The summed E-state index contributed by atoms with van der Waals surface area (Å²) >= 11 is 0. The molecule has 4 nitrogen and oxygen atoms in total. The van der Waals surface area contributed by atoms with Crippen molar-refractivity contribution in [1.29, 1.82) is 0 Å². The lowest BCUT2D eigenvalue weighted by Crippen LogP contribution is -2.33. The monoisotopic (exact) mass is 289 g/mol. The fourth-order valence-corrected chi connectivity index (χ4v) is 2.63. The van der Waals surface area contributed by atoms with Crippen LogP contribution in [0.1, 0.15) is 38.2 Å². The van der Waals surface area contributed by atoms with Crippen molar-refractivity contribution in [3.63, 3.8) is 0 Å². The van der Waals surface area contributed by atoms with Crippen molar-refractivity contribution in [2.24, 2.45) is 0 Å². The molecule has 0 bridgehead atoms. The van der Waals surface area contributed by atoms with Crippen LogP contribution >= 0.6 is 0 Å². The SMILES string of the molecule is COc1ccc(/C=C(\C)C(=O)NC2CCCC2)cc1OC. The summed E-state index contributed by atoms with van der Waals surface area (Å²) in [5.41, 5.74) is 1.63. The van der Waals surface area contributed by atoms with Gasteiger partial charge in [-0.15, -0.1) is 0 Å². The smallest absolute Gasteiger partial charge is 0.247 e. The maximum absolute atomic E-state index is 12.1. The molecular weight excluding hydrogens is 266 g/mol. The Morgan fingerprint density at radius 1 is 1.19 bits per heavy atom. The topological polar surface area (TPSA) is 47.6 Å². The number of methoxy groups -OCH3 is 2. The quantitative estimate of drug-likeness (QED) is 0.847. The molecule has 1 aromatic carbocycles. The summed E-state index contributed by atoms with van der Waals surface area (Å²) < 4.78 is 10.5. The van der Waals surface area contributed by atoms with Crippen LogP contribution in [0.5, 0.6) is 11.5 Å². The lowest BCUT2D eigenvalue weighted by molar-refractivity contribution is -0.118. The predicted molar refractivity (Wildman–Crippen MR) is 83.6 cm³/mol. The van der Waals surface area contributed by atoms with Crippen molar-refractivity contribution in [2.75, 3.05) is 14.2 Å². The van der Waals surface area contributed by atoms with Crippen LogP contribution in [0.3, 0.4) is 0 Å². The standard InChI is InChI=1S/C17H23NO3/c1-12(17(19)18-14-6-4-5-7-14)10-13-8-9-15(20-2)16(11-13)21-3/h8-11,14H,4-7H2,1-3H3,(H,18,19)/b12-10+. The van der Waals surface area contributed by atoms with E-state index in [-0.39, 0.29) is 5.91 Å². The van der Waals surface area contributed by atoms with Crippen LogP contribution in [0, 0.1) is 0 Å². The average molecular weight is 289 g/mol. The van der Waals surface area contributed by atoms with Gasteiger partial charge in [-0.3, -0.25) is 4.79 Å². The highest BCUT2D eigenvalue weighted by Gasteiger charge is 2.17. The van der Waals surface area contributed by atoms with E-state index in [0.717, 1.165) is 18.4 Å². The highest BCUT2D eigenvalue weighted by atomic mass is 16.5. The van der Waals surface area contributed by atoms with Gasteiger partial charge >= 0.3 is 0 Å². The molecule has 2 rings (SSSR count). The summed E-state index contributed by atoms with van der Waals surface area (Å²) in [4.78, 5) is 12.1. The van der Waals surface area contributed by atoms with E-state index in [1.165, 1.54) is 12.8 Å². The molecule has 0 aliphatic heterocycles. The Labute approximate surface area is 126 Å². The zero-order valence-corrected chi connectivity index (χ0v) is 12.9. The van der Waals surface area contributed by atoms with Crippen LogP contribution < -0.4 is 14.8 Å². The Kier molecular flexibility index (Phi) is 5.26. The molecule has 21 heavy (non-hydrogen) atoms. The zero-order valence-electron chi connectivity index (χ0n) is 12.9. The minimum absolute atomic E-state index is 0.0108. The van der Waals surface area contributed by atoms with Gasteiger partial charge in [-0.25, -0.2) is 0 Å². The van der Waals surface area contributed by atoms with Gasteiger partial charge in [-0.05, 0) is 43.5 Å². The zero-order chi connectivity index (χ0) is 15.2. The van der Waals surface area contributed by atoms with E-state index >= 15 is 0 Å². The maximum Gasteiger partial charge on any atom is 0.247 e. The Hall–Kier alpha value is -1.97. The van der Waals surface area contributed by atoms with Gasteiger partial charge < -0.3 is 14.8 Å². The van der Waals surface area contributed by atoms with Crippen LogP contribution in [0.15, 0.2) is 23.8 Å². The second-order valence-electron chi connectivity index (χ2n) is 5.40. The van der Waals surface area contributed by atoms with Crippen molar-refractivity contribution in [2.45, 2.75) is 38.6 Å². The molecule has 0 saturated heterocycles. The number of nitrogens with one attached hydrogen (secondary N) is 1. The van der Waals surface area contributed by atoms with E-state index in [1.807, 2.05) is 31.2 Å². The van der Waals surface area contributed by atoms with Gasteiger partial charge in [0.15, 0.2) is 11.5 Å². The molecule has 0 spiro atoms. The lowest BCUT2D eigenvalue weighted by atomic mass is 10.1. The summed E-state index contributed by atoms with van der Waals surface area (Å²) in [6.07, 6.45) is 6.48. The van der Waals surface area contributed by atoms with Crippen molar-refractivity contribution in [1.82, 2.24) is 5.32 Å². The Balaban J connectivity index is 2.08. The van der Waals surface area contributed by atoms with Gasteiger partial charge in [0, 0.05) is 11.6 Å². The van der Waals surface area contributed by atoms with Crippen LogP contribution in [-0.2, 0) is 4.79 Å². The Morgan fingerprint density at radius 3 is 2.48 bits per heavy atom. The van der Waals surface area contributed by atoms with Crippen molar-refractivity contribution in [3.8, 4) is 11.5 Å². The summed E-state index contributed by atoms with van der Waals surface area (Å²) in [7, 11) is 3.21. The average Bonchev–Trinajstić information content (AvgIpc) is 2.99. The number of carbonyl (C=O) groups excluding carboxylic acids is 1. The second-order valence-corrected chi connectivity index (χ2v) is 5.40. The normalized spacial score (nSPS) is 15.9. The molecule has 1 aromatic rings. The molecule has 1 aliphatic rings. The van der Waals surface area contributed by atoms with Crippen molar-refractivity contribution >= 4 is 12.0 Å². The van der Waals surface area contributed by atoms with Gasteiger partial charge in [-0.2, -0.15) is 0 Å². The molecule has 4 heteroatoms. The Morgan fingerprint density at radius 2 is 1.86 bits per heavy atom. The number of carbonyl (C=O) groups is 1. The fourth-order valence-electron chi connectivity index (χ4n) is 2.63. The molecule has 0 radical (unpaired) electrons. The fraction of sp³-hybridized carbons (Fsp3) is 0.471. The van der Waals surface area contributed by atoms with E-state index in [1.54, 1.807) is 14.2 Å². The third kappa shape index (κ3) is 4.00. The molecule has 1 aliphatic carbocycles. The molecule has 0 atom stereocenters. The lowest BCUT2D eigenvalue weighted by Gasteiger charge is -2.12. The minimum atomic E-state index is 0.0108. The number of amides is 1. The largest absolute Gasteiger partial charge is 0.493 e. The number of benzene rings is 1. The third-order valence-corrected chi connectivity index (χ3v) is 3.84. The molecule has 1 amide bonds. The Bertz CT molecular complexity index is 531. The van der Waals surface area contributed by atoms with Gasteiger partial charge in [0.25, 0.3) is 0 Å². The third-order valence-electron chi connectivity index (χ3n) is 3.84. The summed E-state index contributed by atoms with van der Waals surface area (Å²) in [6.45, 7) is 1.83. The van der Waals surface area contributed by atoms with Crippen LogP contribution in [0.2, 0.25) is 0 Å². The van der Waals surface area contributed by atoms with E-state index in [9.17, 15) is 4.79 Å². The molecular formula is C17H23NO3. The molecule has 0 unspecified atom stereocenters. The minimum Gasteiger partial charge on any atom is -0.493 e. The number of rotatable bonds is 5. The first-order valence-corrected chi connectivity index (χ1v) is 7.35. The first-order chi connectivity index (χ1) is 10.1. The van der Waals surface area contributed by atoms with Gasteiger partial charge in [-0.1, -0.05) is 18.9 Å². The molecule has 0 heterocycles. The summed E-state index contributed by atoms with van der Waals surface area (Å²) in [6, 6.07) is 5.96. The first kappa shape index (κ1) is 15.4. The van der Waals surface area contributed by atoms with Crippen molar-refractivity contribution < 1.29 is 14.3 Å². The second kappa shape index (κ2) is 7.16. The molecule has 1 fully saturated rings. The van der Waals surface area contributed by atoms with Crippen LogP contribution in [-0.4, -0.2) is 26.2 Å². The summed E-state index contributed by atoms with van der Waals surface area (Å²) in [5, 5.41) is 3.09. The van der Waals surface area contributed by atoms with E-state index in [4.69, 9.17) is 9.47 Å². The van der Waals surface area contributed by atoms with Crippen LogP contribution in [0.25, 0.3) is 6.08 Å². The predicted octanol–water partition coefficient (Wildman–Crippen LogP) is 3.17. The van der Waals surface area contributed by atoms with E-state index in [0.29, 0.717) is 23.1 Å². The van der Waals surface area contributed by atoms with Crippen molar-refractivity contribution in [3.05, 3.63) is 29.3 Å². The number of hydrogen-bond donors (Lipinski definition) is 1.